The fraction of sp³-hybridized carbons (Fsp3) is 0.579. The summed E-state index contributed by atoms with van der Waals surface area (Å²) in [5.41, 5.74) is 1.02. The molecule has 0 saturated carbocycles. The van der Waals surface area contributed by atoms with Crippen molar-refractivity contribution in [3.05, 3.63) is 47.6 Å². The van der Waals surface area contributed by atoms with Gasteiger partial charge in [0.2, 0.25) is 5.89 Å². The first-order valence-electron chi connectivity index (χ1n) is 8.88. The summed E-state index contributed by atoms with van der Waals surface area (Å²) in [6.45, 7) is 6.92. The quantitative estimate of drug-likeness (QED) is 0.881. The third-order valence-electron chi connectivity index (χ3n) is 4.68. The highest BCUT2D eigenvalue weighted by molar-refractivity contribution is 5.18. The van der Waals surface area contributed by atoms with Gasteiger partial charge in [-0.1, -0.05) is 49.3 Å². The third kappa shape index (κ3) is 4.42. The molecule has 1 unspecified atom stereocenters. The largest absolute Gasteiger partial charge is 0.388 e. The number of rotatable bonds is 6. The molecule has 1 fully saturated rings. The molecule has 24 heavy (non-hydrogen) atoms. The average Bonchev–Trinajstić information content (AvgIpc) is 3.02. The topological polar surface area (TPSA) is 62.4 Å². The summed E-state index contributed by atoms with van der Waals surface area (Å²) in [5, 5.41) is 14.6. The molecule has 130 valence electrons. The van der Waals surface area contributed by atoms with E-state index in [1.54, 1.807) is 0 Å². The monoisotopic (exact) mass is 329 g/mol. The van der Waals surface area contributed by atoms with E-state index >= 15 is 0 Å². The molecule has 0 radical (unpaired) electrons. The van der Waals surface area contributed by atoms with Gasteiger partial charge in [0.25, 0.3) is 0 Å². The van der Waals surface area contributed by atoms with E-state index in [4.69, 9.17) is 4.52 Å². The van der Waals surface area contributed by atoms with Gasteiger partial charge < -0.3 is 9.63 Å². The van der Waals surface area contributed by atoms with Crippen LogP contribution in [0.25, 0.3) is 0 Å². The minimum absolute atomic E-state index is 0.322. The van der Waals surface area contributed by atoms with E-state index in [2.05, 4.69) is 28.9 Å². The smallest absolute Gasteiger partial charge is 0.240 e. The number of piperidine rings is 1. The van der Waals surface area contributed by atoms with E-state index in [1.165, 1.54) is 0 Å². The number of hydrogen-bond donors (Lipinski definition) is 1. The molecule has 3 rings (SSSR count). The summed E-state index contributed by atoms with van der Waals surface area (Å²) in [6.07, 6.45) is 2.47. The lowest BCUT2D eigenvalue weighted by Gasteiger charge is -2.33. The van der Waals surface area contributed by atoms with E-state index in [0.29, 0.717) is 24.3 Å². The summed E-state index contributed by atoms with van der Waals surface area (Å²) in [6, 6.07) is 9.96. The molecule has 0 spiro atoms. The van der Waals surface area contributed by atoms with Crippen LogP contribution in [0.15, 0.2) is 34.9 Å². The average molecular weight is 329 g/mol. The van der Waals surface area contributed by atoms with Gasteiger partial charge >= 0.3 is 0 Å². The van der Waals surface area contributed by atoms with Gasteiger partial charge in [-0.3, -0.25) is 4.90 Å². The number of aliphatic hydroxyl groups excluding tert-OH is 1. The predicted molar refractivity (Wildman–Crippen MR) is 92.2 cm³/mol. The maximum Gasteiger partial charge on any atom is 0.240 e. The van der Waals surface area contributed by atoms with Crippen molar-refractivity contribution in [1.29, 1.82) is 0 Å². The summed E-state index contributed by atoms with van der Waals surface area (Å²) < 4.78 is 5.36. The molecule has 1 saturated heterocycles. The minimum Gasteiger partial charge on any atom is -0.388 e. The van der Waals surface area contributed by atoms with Gasteiger partial charge in [0.05, 0.1) is 12.6 Å². The fourth-order valence-corrected chi connectivity index (χ4v) is 3.34. The zero-order valence-corrected chi connectivity index (χ0v) is 14.6. The fourth-order valence-electron chi connectivity index (χ4n) is 3.34. The van der Waals surface area contributed by atoms with Crippen molar-refractivity contribution in [2.75, 3.05) is 13.1 Å². The number of likely N-dealkylation sites (tertiary alicyclic amines) is 1. The van der Waals surface area contributed by atoms with Gasteiger partial charge in [-0.2, -0.15) is 4.98 Å². The Labute approximate surface area is 143 Å². The molecule has 2 aromatic rings. The lowest BCUT2D eigenvalue weighted by atomic mass is 9.87. The van der Waals surface area contributed by atoms with Crippen molar-refractivity contribution in [2.45, 2.75) is 45.8 Å². The number of aromatic nitrogens is 2. The highest BCUT2D eigenvalue weighted by Crippen LogP contribution is 2.30. The maximum absolute atomic E-state index is 10.5. The lowest BCUT2D eigenvalue weighted by Crippen LogP contribution is -2.35. The summed E-state index contributed by atoms with van der Waals surface area (Å²) in [7, 11) is 0. The van der Waals surface area contributed by atoms with E-state index in [1.807, 2.05) is 30.3 Å². The maximum atomic E-state index is 10.5. The van der Waals surface area contributed by atoms with E-state index in [0.717, 1.165) is 43.7 Å². The Morgan fingerprint density at radius 2 is 1.92 bits per heavy atom. The van der Waals surface area contributed by atoms with Crippen molar-refractivity contribution < 1.29 is 9.63 Å². The van der Waals surface area contributed by atoms with Crippen LogP contribution in [-0.2, 0) is 13.0 Å². The van der Waals surface area contributed by atoms with Crippen LogP contribution in [0.2, 0.25) is 0 Å². The van der Waals surface area contributed by atoms with Gasteiger partial charge in [0.15, 0.2) is 5.82 Å². The zero-order valence-electron chi connectivity index (χ0n) is 14.6. The van der Waals surface area contributed by atoms with E-state index < -0.39 is 0 Å². The minimum atomic E-state index is -0.366. The summed E-state index contributed by atoms with van der Waals surface area (Å²) in [5.74, 6) is 2.36. The molecule has 1 atom stereocenters. The van der Waals surface area contributed by atoms with Gasteiger partial charge in [0.1, 0.15) is 0 Å². The molecule has 2 heterocycles. The molecular weight excluding hydrogens is 302 g/mol. The highest BCUT2D eigenvalue weighted by Gasteiger charge is 2.27. The van der Waals surface area contributed by atoms with Gasteiger partial charge in [-0.15, -0.1) is 0 Å². The Morgan fingerprint density at radius 1 is 1.21 bits per heavy atom. The van der Waals surface area contributed by atoms with E-state index in [-0.39, 0.29) is 6.10 Å². The number of nitrogens with zero attached hydrogens (tertiary/aromatic N) is 3. The Bertz CT molecular complexity index is 619. The van der Waals surface area contributed by atoms with Crippen LogP contribution in [0.4, 0.5) is 0 Å². The molecule has 1 aliphatic rings. The van der Waals surface area contributed by atoms with Crippen LogP contribution >= 0.6 is 0 Å². The first kappa shape index (κ1) is 17.1. The van der Waals surface area contributed by atoms with Crippen LogP contribution in [0.1, 0.15) is 50.1 Å². The zero-order chi connectivity index (χ0) is 16.9. The highest BCUT2D eigenvalue weighted by atomic mass is 16.5. The summed E-state index contributed by atoms with van der Waals surface area (Å²) in [4.78, 5) is 6.81. The number of benzene rings is 1. The van der Waals surface area contributed by atoms with Crippen LogP contribution in [0.3, 0.4) is 0 Å². The van der Waals surface area contributed by atoms with Crippen LogP contribution in [0, 0.1) is 11.8 Å². The Kier molecular flexibility index (Phi) is 5.63. The van der Waals surface area contributed by atoms with Gasteiger partial charge in [-0.25, -0.2) is 0 Å². The SMILES string of the molecule is CC(C)Cc1noc(CN2CCC(C(O)c3ccccc3)CC2)n1. The molecule has 1 aromatic carbocycles. The molecule has 0 aliphatic carbocycles. The molecule has 5 heteroatoms. The molecule has 1 aliphatic heterocycles. The number of hydrogen-bond acceptors (Lipinski definition) is 5. The second-order valence-electron chi connectivity index (χ2n) is 7.17. The number of aliphatic hydroxyl groups is 1. The van der Waals surface area contributed by atoms with E-state index in [9.17, 15) is 5.11 Å². The molecule has 0 bridgehead atoms. The molecule has 0 amide bonds. The van der Waals surface area contributed by atoms with Crippen molar-refractivity contribution in [3.63, 3.8) is 0 Å². The van der Waals surface area contributed by atoms with Gasteiger partial charge in [0, 0.05) is 6.42 Å². The molecule has 5 nitrogen and oxygen atoms in total. The normalized spacial score (nSPS) is 18.2. The lowest BCUT2D eigenvalue weighted by molar-refractivity contribution is 0.0538. The van der Waals surface area contributed by atoms with Crippen LogP contribution in [-0.4, -0.2) is 33.2 Å². The predicted octanol–water partition coefficient (Wildman–Crippen LogP) is 3.21. The first-order valence-corrected chi connectivity index (χ1v) is 8.88. The summed E-state index contributed by atoms with van der Waals surface area (Å²) >= 11 is 0. The second kappa shape index (κ2) is 7.90. The second-order valence-corrected chi connectivity index (χ2v) is 7.17. The van der Waals surface area contributed by atoms with Crippen molar-refractivity contribution >= 4 is 0 Å². The van der Waals surface area contributed by atoms with Crippen LogP contribution in [0.5, 0.6) is 0 Å². The third-order valence-corrected chi connectivity index (χ3v) is 4.68. The molecular formula is C19H27N3O2. The molecule has 1 aromatic heterocycles. The van der Waals surface area contributed by atoms with Crippen LogP contribution < -0.4 is 0 Å². The Balaban J connectivity index is 1.49. The van der Waals surface area contributed by atoms with Crippen molar-refractivity contribution in [2.24, 2.45) is 11.8 Å². The Hall–Kier alpha value is -1.72. The first-order chi connectivity index (χ1) is 11.6. The van der Waals surface area contributed by atoms with Crippen molar-refractivity contribution in [1.82, 2.24) is 15.0 Å². The van der Waals surface area contributed by atoms with Gasteiger partial charge in [-0.05, 0) is 43.3 Å². The molecule has 1 N–H and O–H groups in total. The standard InChI is InChI=1S/C19H27N3O2/c1-14(2)12-17-20-18(24-21-17)13-22-10-8-16(9-11-22)19(23)15-6-4-3-5-7-15/h3-7,14,16,19,23H,8-13H2,1-2H3. The Morgan fingerprint density at radius 3 is 2.58 bits per heavy atom. The van der Waals surface area contributed by atoms with Crippen molar-refractivity contribution in [3.8, 4) is 0 Å².